The Morgan fingerprint density at radius 2 is 1.57 bits per heavy atom. The van der Waals surface area contributed by atoms with Crippen molar-refractivity contribution in [2.75, 3.05) is 0 Å². The molecule has 3 nitrogen and oxygen atoms in total. The van der Waals surface area contributed by atoms with E-state index in [2.05, 4.69) is 0 Å². The molecule has 152 valence electrons. The quantitative estimate of drug-likeness (QED) is 0.388. The first kappa shape index (κ1) is 19.8. The molecule has 1 aromatic heterocycles. The maximum atomic E-state index is 13.4. The molecule has 4 rings (SSSR count). The predicted octanol–water partition coefficient (Wildman–Crippen LogP) is 6.29. The Kier molecular flexibility index (Phi) is 5.31. The fourth-order valence-electron chi connectivity index (χ4n) is 3.39. The van der Waals surface area contributed by atoms with Gasteiger partial charge >= 0.3 is 6.18 Å². The second-order valence-electron chi connectivity index (χ2n) is 6.96. The molecular weight excluding hydrogens is 391 g/mol. The second kappa shape index (κ2) is 8.06. The molecule has 0 saturated heterocycles. The van der Waals surface area contributed by atoms with Gasteiger partial charge in [0.1, 0.15) is 5.76 Å². The van der Waals surface area contributed by atoms with E-state index >= 15 is 0 Å². The van der Waals surface area contributed by atoms with Crippen molar-refractivity contribution < 1.29 is 22.4 Å². The van der Waals surface area contributed by atoms with E-state index < -0.39 is 11.7 Å². The normalized spacial score (nSPS) is 11.6. The van der Waals surface area contributed by atoms with Crippen molar-refractivity contribution >= 4 is 16.7 Å². The molecule has 3 aromatic carbocycles. The van der Waals surface area contributed by atoms with Crippen molar-refractivity contribution in [2.24, 2.45) is 0 Å². The molecular formula is C24H18F3NO2. The van der Waals surface area contributed by atoms with E-state index in [-0.39, 0.29) is 19.0 Å². The van der Waals surface area contributed by atoms with Gasteiger partial charge < -0.3 is 9.32 Å². The Morgan fingerprint density at radius 3 is 2.27 bits per heavy atom. The lowest BCUT2D eigenvalue weighted by molar-refractivity contribution is -0.137. The lowest BCUT2D eigenvalue weighted by Gasteiger charge is -2.23. The Hall–Kier alpha value is -3.54. The molecule has 0 fully saturated rings. The van der Waals surface area contributed by atoms with Crippen molar-refractivity contribution in [3.8, 4) is 0 Å². The summed E-state index contributed by atoms with van der Waals surface area (Å²) in [4.78, 5) is 15.0. The van der Waals surface area contributed by atoms with E-state index in [0.717, 1.165) is 22.9 Å². The van der Waals surface area contributed by atoms with E-state index in [4.69, 9.17) is 4.42 Å². The summed E-state index contributed by atoms with van der Waals surface area (Å²) in [7, 11) is 0. The van der Waals surface area contributed by atoms with Crippen LogP contribution in [0, 0.1) is 0 Å². The lowest BCUT2D eigenvalue weighted by Crippen LogP contribution is -2.30. The maximum absolute atomic E-state index is 13.4. The number of fused-ring (bicyclic) bond motifs is 1. The number of halogens is 3. The highest BCUT2D eigenvalue weighted by atomic mass is 19.4. The molecule has 0 radical (unpaired) electrons. The zero-order valence-corrected chi connectivity index (χ0v) is 15.9. The van der Waals surface area contributed by atoms with E-state index in [1.54, 1.807) is 23.1 Å². The third kappa shape index (κ3) is 4.22. The van der Waals surface area contributed by atoms with Crippen LogP contribution < -0.4 is 0 Å². The van der Waals surface area contributed by atoms with Crippen LogP contribution >= 0.6 is 0 Å². The van der Waals surface area contributed by atoms with Crippen LogP contribution in [0.2, 0.25) is 0 Å². The van der Waals surface area contributed by atoms with Crippen molar-refractivity contribution in [1.29, 1.82) is 0 Å². The number of furan rings is 1. The van der Waals surface area contributed by atoms with Gasteiger partial charge in [-0.15, -0.1) is 0 Å². The van der Waals surface area contributed by atoms with Crippen molar-refractivity contribution in [1.82, 2.24) is 4.90 Å². The summed E-state index contributed by atoms with van der Waals surface area (Å²) in [5.41, 5.74) is 0.416. The number of carbonyl (C=O) groups excluding carboxylic acids is 1. The Labute approximate surface area is 171 Å². The van der Waals surface area contributed by atoms with Crippen LogP contribution in [0.15, 0.2) is 89.5 Å². The number of carbonyl (C=O) groups is 1. The molecule has 1 amide bonds. The highest BCUT2D eigenvalue weighted by molar-refractivity contribution is 6.06. The van der Waals surface area contributed by atoms with Crippen molar-refractivity contribution in [2.45, 2.75) is 19.3 Å². The van der Waals surface area contributed by atoms with E-state index in [1.807, 2.05) is 36.4 Å². The van der Waals surface area contributed by atoms with E-state index in [1.165, 1.54) is 18.4 Å². The third-order valence-corrected chi connectivity index (χ3v) is 4.89. The molecule has 0 unspecified atom stereocenters. The SMILES string of the molecule is O=C(c1cccc2ccccc12)N(Cc1ccc(C(F)(F)F)cc1)Cc1ccco1. The first-order valence-corrected chi connectivity index (χ1v) is 9.37. The standard InChI is InChI=1S/C24H18F3NO2/c25-24(26,27)19-12-10-17(11-13-19)15-28(16-20-7-4-14-30-20)23(29)22-9-3-6-18-5-1-2-8-21(18)22/h1-14H,15-16H2. The van der Waals surface area contributed by atoms with Gasteiger partial charge in [0.25, 0.3) is 5.91 Å². The minimum atomic E-state index is -4.40. The van der Waals surface area contributed by atoms with Crippen LogP contribution in [0.4, 0.5) is 13.2 Å². The summed E-state index contributed by atoms with van der Waals surface area (Å²) in [6.45, 7) is 0.358. The molecule has 0 atom stereocenters. The molecule has 30 heavy (non-hydrogen) atoms. The first-order chi connectivity index (χ1) is 14.4. The Balaban J connectivity index is 1.66. The minimum Gasteiger partial charge on any atom is -0.467 e. The summed E-state index contributed by atoms with van der Waals surface area (Å²) in [6, 6.07) is 21.4. The van der Waals surface area contributed by atoms with Crippen LogP contribution in [0.25, 0.3) is 10.8 Å². The minimum absolute atomic E-state index is 0.154. The molecule has 0 N–H and O–H groups in total. The second-order valence-corrected chi connectivity index (χ2v) is 6.96. The number of hydrogen-bond donors (Lipinski definition) is 0. The molecule has 4 aromatic rings. The van der Waals surface area contributed by atoms with Crippen LogP contribution in [0.3, 0.4) is 0 Å². The Bertz CT molecular complexity index is 1140. The van der Waals surface area contributed by atoms with Gasteiger partial charge in [0, 0.05) is 12.1 Å². The zero-order valence-electron chi connectivity index (χ0n) is 15.9. The van der Waals surface area contributed by atoms with E-state index in [0.29, 0.717) is 16.9 Å². The van der Waals surface area contributed by atoms with Gasteiger partial charge in [-0.05, 0) is 46.7 Å². The van der Waals surface area contributed by atoms with Crippen molar-refractivity contribution in [3.63, 3.8) is 0 Å². The number of nitrogens with zero attached hydrogens (tertiary/aromatic N) is 1. The smallest absolute Gasteiger partial charge is 0.416 e. The fourth-order valence-corrected chi connectivity index (χ4v) is 3.39. The maximum Gasteiger partial charge on any atom is 0.416 e. The molecule has 0 spiro atoms. The van der Waals surface area contributed by atoms with Gasteiger partial charge in [0.2, 0.25) is 0 Å². The number of rotatable bonds is 5. The van der Waals surface area contributed by atoms with Crippen LogP contribution in [-0.4, -0.2) is 10.8 Å². The van der Waals surface area contributed by atoms with Crippen LogP contribution in [0.1, 0.15) is 27.2 Å². The third-order valence-electron chi connectivity index (χ3n) is 4.89. The van der Waals surface area contributed by atoms with Crippen LogP contribution in [-0.2, 0) is 19.3 Å². The number of amides is 1. The summed E-state index contributed by atoms with van der Waals surface area (Å²) in [6.07, 6.45) is -2.88. The topological polar surface area (TPSA) is 33.5 Å². The van der Waals surface area contributed by atoms with Gasteiger partial charge in [-0.25, -0.2) is 0 Å². The van der Waals surface area contributed by atoms with Gasteiger partial charge in [-0.2, -0.15) is 13.2 Å². The van der Waals surface area contributed by atoms with Gasteiger partial charge in [0.15, 0.2) is 0 Å². The fraction of sp³-hybridized carbons (Fsp3) is 0.125. The number of alkyl halides is 3. The predicted molar refractivity (Wildman–Crippen MR) is 108 cm³/mol. The average molecular weight is 409 g/mol. The molecule has 0 aliphatic carbocycles. The Morgan fingerprint density at radius 1 is 0.833 bits per heavy atom. The molecule has 1 heterocycles. The highest BCUT2D eigenvalue weighted by Crippen LogP contribution is 2.29. The van der Waals surface area contributed by atoms with Gasteiger partial charge in [-0.3, -0.25) is 4.79 Å². The summed E-state index contributed by atoms with van der Waals surface area (Å²) >= 11 is 0. The monoisotopic (exact) mass is 409 g/mol. The highest BCUT2D eigenvalue weighted by Gasteiger charge is 2.30. The van der Waals surface area contributed by atoms with Gasteiger partial charge in [0.05, 0.1) is 18.4 Å². The number of benzene rings is 3. The van der Waals surface area contributed by atoms with Gasteiger partial charge in [-0.1, -0.05) is 48.5 Å². The van der Waals surface area contributed by atoms with Crippen molar-refractivity contribution in [3.05, 3.63) is 108 Å². The molecule has 0 bridgehead atoms. The lowest BCUT2D eigenvalue weighted by atomic mass is 10.0. The summed E-state index contributed by atoms with van der Waals surface area (Å²) < 4.78 is 44.0. The largest absolute Gasteiger partial charge is 0.467 e. The molecule has 0 aliphatic heterocycles. The van der Waals surface area contributed by atoms with E-state index in [9.17, 15) is 18.0 Å². The average Bonchev–Trinajstić information content (AvgIpc) is 3.25. The summed E-state index contributed by atoms with van der Waals surface area (Å²) in [5.74, 6) is 0.374. The number of hydrogen-bond acceptors (Lipinski definition) is 2. The molecule has 0 saturated carbocycles. The molecule has 6 heteroatoms. The first-order valence-electron chi connectivity index (χ1n) is 9.37. The zero-order chi connectivity index (χ0) is 21.1. The molecule has 0 aliphatic rings. The summed E-state index contributed by atoms with van der Waals surface area (Å²) in [5, 5.41) is 1.76. The van der Waals surface area contributed by atoms with Crippen LogP contribution in [0.5, 0.6) is 0 Å².